The summed E-state index contributed by atoms with van der Waals surface area (Å²) >= 11 is 0. The summed E-state index contributed by atoms with van der Waals surface area (Å²) in [4.78, 5) is 21.9. The molecule has 1 aliphatic heterocycles. The molecule has 0 radical (unpaired) electrons. The molecule has 26 heavy (non-hydrogen) atoms. The van der Waals surface area contributed by atoms with Gasteiger partial charge in [0.1, 0.15) is 11.6 Å². The lowest BCUT2D eigenvalue weighted by atomic mass is 10.2. The molecule has 0 spiro atoms. The predicted octanol–water partition coefficient (Wildman–Crippen LogP) is 2.64. The van der Waals surface area contributed by atoms with E-state index in [4.69, 9.17) is 9.47 Å². The van der Waals surface area contributed by atoms with Crippen molar-refractivity contribution in [3.63, 3.8) is 0 Å². The monoisotopic (exact) mass is 355 g/mol. The van der Waals surface area contributed by atoms with Crippen molar-refractivity contribution in [1.82, 2.24) is 9.97 Å². The maximum Gasteiger partial charge on any atom is 0.258 e. The number of methoxy groups -OCH3 is 2. The fourth-order valence-electron chi connectivity index (χ4n) is 3.35. The zero-order chi connectivity index (χ0) is 18.3. The van der Waals surface area contributed by atoms with E-state index in [1.807, 2.05) is 4.90 Å². The summed E-state index contributed by atoms with van der Waals surface area (Å²) in [5, 5.41) is 0.430. The van der Waals surface area contributed by atoms with Crippen LogP contribution in [0.25, 0.3) is 10.9 Å². The molecule has 2 heterocycles. The molecule has 0 fully saturated rings. The molecule has 0 saturated heterocycles. The predicted molar refractivity (Wildman–Crippen MR) is 96.6 cm³/mol. The molecular weight excluding hydrogens is 337 g/mol. The lowest BCUT2D eigenvalue weighted by Gasteiger charge is -2.19. The van der Waals surface area contributed by atoms with Crippen LogP contribution in [-0.2, 0) is 13.0 Å². The largest absolute Gasteiger partial charge is 0.493 e. The molecule has 0 amide bonds. The van der Waals surface area contributed by atoms with E-state index in [0.29, 0.717) is 34.8 Å². The van der Waals surface area contributed by atoms with Gasteiger partial charge in [0.2, 0.25) is 0 Å². The van der Waals surface area contributed by atoms with Gasteiger partial charge in [-0.25, -0.2) is 9.37 Å². The third-order valence-corrected chi connectivity index (χ3v) is 4.64. The van der Waals surface area contributed by atoms with E-state index in [2.05, 4.69) is 9.97 Å². The number of nitrogens with one attached hydrogen (secondary N) is 1. The van der Waals surface area contributed by atoms with Gasteiger partial charge in [-0.15, -0.1) is 0 Å². The van der Waals surface area contributed by atoms with Crippen LogP contribution in [0.5, 0.6) is 11.5 Å². The molecule has 0 aliphatic carbocycles. The van der Waals surface area contributed by atoms with E-state index in [9.17, 15) is 9.18 Å². The standard InChI is InChI=1S/C19H18FN3O3/c1-25-16-8-13-14(9-17(16)26-2)21-18(22-19(13)24)10-23-6-5-11-3-4-12(20)7-15(11)23/h3-4,7-9H,5-6,10H2,1-2H3,(H,21,22,24). The Morgan fingerprint density at radius 1 is 1.19 bits per heavy atom. The highest BCUT2D eigenvalue weighted by Crippen LogP contribution is 2.31. The summed E-state index contributed by atoms with van der Waals surface area (Å²) in [6.07, 6.45) is 0.846. The van der Waals surface area contributed by atoms with Gasteiger partial charge in [-0.3, -0.25) is 4.79 Å². The Labute approximate surface area is 149 Å². The molecule has 0 unspecified atom stereocenters. The molecule has 7 heteroatoms. The van der Waals surface area contributed by atoms with Crippen LogP contribution in [-0.4, -0.2) is 30.7 Å². The van der Waals surface area contributed by atoms with Crippen molar-refractivity contribution in [3.05, 3.63) is 57.9 Å². The highest BCUT2D eigenvalue weighted by Gasteiger charge is 2.21. The SMILES string of the molecule is COc1cc2nc(CN3CCc4ccc(F)cc43)[nH]c(=O)c2cc1OC. The van der Waals surface area contributed by atoms with Crippen molar-refractivity contribution in [2.75, 3.05) is 25.7 Å². The number of ether oxygens (including phenoxy) is 2. The van der Waals surface area contributed by atoms with Crippen LogP contribution in [0.4, 0.5) is 10.1 Å². The zero-order valence-corrected chi connectivity index (χ0v) is 14.5. The second kappa shape index (κ2) is 6.33. The summed E-state index contributed by atoms with van der Waals surface area (Å²) in [6, 6.07) is 8.10. The minimum absolute atomic E-state index is 0.246. The quantitative estimate of drug-likeness (QED) is 0.779. The van der Waals surface area contributed by atoms with Crippen molar-refractivity contribution in [2.24, 2.45) is 0 Å². The van der Waals surface area contributed by atoms with Crippen LogP contribution in [0.1, 0.15) is 11.4 Å². The van der Waals surface area contributed by atoms with Crippen molar-refractivity contribution < 1.29 is 13.9 Å². The van der Waals surface area contributed by atoms with Gasteiger partial charge < -0.3 is 19.4 Å². The molecule has 4 rings (SSSR count). The first-order chi connectivity index (χ1) is 12.6. The van der Waals surface area contributed by atoms with Crippen LogP contribution < -0.4 is 19.9 Å². The lowest BCUT2D eigenvalue weighted by Crippen LogP contribution is -2.23. The molecule has 1 aromatic heterocycles. The van der Waals surface area contributed by atoms with Crippen LogP contribution in [0.3, 0.4) is 0 Å². The van der Waals surface area contributed by atoms with Crippen molar-refractivity contribution >= 4 is 16.6 Å². The number of halogens is 1. The van der Waals surface area contributed by atoms with Gasteiger partial charge in [0.05, 0.1) is 31.7 Å². The molecule has 0 saturated carbocycles. The molecule has 2 aromatic carbocycles. The number of hydrogen-bond donors (Lipinski definition) is 1. The summed E-state index contributed by atoms with van der Waals surface area (Å²) in [7, 11) is 3.05. The number of rotatable bonds is 4. The average molecular weight is 355 g/mol. The Hall–Kier alpha value is -3.09. The summed E-state index contributed by atoms with van der Waals surface area (Å²) in [5.74, 6) is 1.24. The number of H-pyrrole nitrogens is 1. The molecule has 0 bridgehead atoms. The van der Waals surface area contributed by atoms with Crippen molar-refractivity contribution in [2.45, 2.75) is 13.0 Å². The van der Waals surface area contributed by atoms with Gasteiger partial charge in [0.15, 0.2) is 11.5 Å². The van der Waals surface area contributed by atoms with Crippen molar-refractivity contribution in [1.29, 1.82) is 0 Å². The minimum Gasteiger partial charge on any atom is -0.493 e. The zero-order valence-electron chi connectivity index (χ0n) is 14.5. The number of hydrogen-bond acceptors (Lipinski definition) is 5. The molecule has 6 nitrogen and oxygen atoms in total. The Balaban J connectivity index is 1.73. The minimum atomic E-state index is -0.271. The van der Waals surface area contributed by atoms with E-state index in [0.717, 1.165) is 24.2 Å². The second-order valence-electron chi connectivity index (χ2n) is 6.18. The second-order valence-corrected chi connectivity index (χ2v) is 6.18. The molecule has 0 atom stereocenters. The van der Waals surface area contributed by atoms with Gasteiger partial charge >= 0.3 is 0 Å². The number of aromatic nitrogens is 2. The van der Waals surface area contributed by atoms with E-state index in [1.165, 1.54) is 26.4 Å². The fourth-order valence-corrected chi connectivity index (χ4v) is 3.35. The third kappa shape index (κ3) is 2.75. The van der Waals surface area contributed by atoms with Gasteiger partial charge in [-0.2, -0.15) is 0 Å². The van der Waals surface area contributed by atoms with E-state index in [1.54, 1.807) is 18.2 Å². The molecule has 134 valence electrons. The van der Waals surface area contributed by atoms with Crippen LogP contribution in [0, 0.1) is 5.82 Å². The van der Waals surface area contributed by atoms with Gasteiger partial charge in [-0.05, 0) is 30.2 Å². The summed E-state index contributed by atoms with van der Waals surface area (Å²) < 4.78 is 24.1. The average Bonchev–Trinajstić information content (AvgIpc) is 3.02. The number of anilines is 1. The molecule has 1 N–H and O–H groups in total. The Bertz CT molecular complexity index is 1050. The van der Waals surface area contributed by atoms with E-state index >= 15 is 0 Å². The maximum atomic E-state index is 13.6. The number of benzene rings is 2. The van der Waals surface area contributed by atoms with Gasteiger partial charge in [0, 0.05) is 18.3 Å². The summed E-state index contributed by atoms with van der Waals surface area (Å²) in [6.45, 7) is 1.16. The normalized spacial score (nSPS) is 13.1. The maximum absolute atomic E-state index is 13.6. The highest BCUT2D eigenvalue weighted by atomic mass is 19.1. The van der Waals surface area contributed by atoms with E-state index in [-0.39, 0.29) is 11.4 Å². The smallest absolute Gasteiger partial charge is 0.258 e. The number of aromatic amines is 1. The fraction of sp³-hybridized carbons (Fsp3) is 0.263. The van der Waals surface area contributed by atoms with Gasteiger partial charge in [0.25, 0.3) is 5.56 Å². The Morgan fingerprint density at radius 3 is 2.73 bits per heavy atom. The summed E-state index contributed by atoms with van der Waals surface area (Å²) in [5.41, 5.74) is 2.23. The first kappa shape index (κ1) is 16.4. The Morgan fingerprint density at radius 2 is 1.96 bits per heavy atom. The van der Waals surface area contributed by atoms with Crippen LogP contribution in [0.2, 0.25) is 0 Å². The van der Waals surface area contributed by atoms with Crippen LogP contribution >= 0.6 is 0 Å². The molecule has 3 aromatic rings. The van der Waals surface area contributed by atoms with Crippen LogP contribution in [0.15, 0.2) is 35.1 Å². The number of fused-ring (bicyclic) bond motifs is 2. The highest BCUT2D eigenvalue weighted by molar-refractivity contribution is 5.81. The number of nitrogens with zero attached hydrogens (tertiary/aromatic N) is 2. The first-order valence-corrected chi connectivity index (χ1v) is 8.27. The Kier molecular flexibility index (Phi) is 3.99. The van der Waals surface area contributed by atoms with Crippen molar-refractivity contribution in [3.8, 4) is 11.5 Å². The lowest BCUT2D eigenvalue weighted by molar-refractivity contribution is 0.355. The molecule has 1 aliphatic rings. The molecular formula is C19H18FN3O3. The topological polar surface area (TPSA) is 67.5 Å². The van der Waals surface area contributed by atoms with Gasteiger partial charge in [-0.1, -0.05) is 6.07 Å². The third-order valence-electron chi connectivity index (χ3n) is 4.64. The first-order valence-electron chi connectivity index (χ1n) is 8.27. The van der Waals surface area contributed by atoms with E-state index < -0.39 is 0 Å².